The summed E-state index contributed by atoms with van der Waals surface area (Å²) in [5.41, 5.74) is 8.33. The minimum absolute atomic E-state index is 0.0456. The van der Waals surface area contributed by atoms with Crippen molar-refractivity contribution in [2.45, 2.75) is 6.42 Å². The van der Waals surface area contributed by atoms with Crippen LogP contribution in [0.5, 0.6) is 17.2 Å². The first kappa shape index (κ1) is 18.3. The summed E-state index contributed by atoms with van der Waals surface area (Å²) in [6, 6.07) is 17.0. The van der Waals surface area contributed by atoms with Crippen molar-refractivity contribution in [2.75, 3.05) is 6.54 Å². The lowest BCUT2D eigenvalue weighted by molar-refractivity contribution is -0.671. The lowest BCUT2D eigenvalue weighted by Gasteiger charge is -2.04. The molecule has 1 aromatic heterocycles. The van der Waals surface area contributed by atoms with Gasteiger partial charge in [-0.25, -0.2) is 4.57 Å². The van der Waals surface area contributed by atoms with Crippen LogP contribution >= 0.6 is 0 Å². The van der Waals surface area contributed by atoms with E-state index in [1.165, 1.54) is 17.2 Å². The Kier molecular flexibility index (Phi) is 6.37. The number of aromatic hydroxyl groups is 3. The summed E-state index contributed by atoms with van der Waals surface area (Å²) in [5, 5.41) is 27.2. The van der Waals surface area contributed by atoms with Crippen LogP contribution in [0.1, 0.15) is 5.56 Å². The second-order valence-corrected chi connectivity index (χ2v) is 5.63. The van der Waals surface area contributed by atoms with E-state index in [1.54, 1.807) is 0 Å². The second-order valence-electron chi connectivity index (χ2n) is 5.63. The van der Waals surface area contributed by atoms with Gasteiger partial charge in [-0.15, -0.1) is 0 Å². The number of rotatable bonds is 3. The Labute approximate surface area is 147 Å². The van der Waals surface area contributed by atoms with Crippen LogP contribution in [0.2, 0.25) is 0 Å². The van der Waals surface area contributed by atoms with Crippen molar-refractivity contribution >= 4 is 0 Å². The zero-order chi connectivity index (χ0) is 18.2. The van der Waals surface area contributed by atoms with Gasteiger partial charge in [0.05, 0.1) is 0 Å². The highest BCUT2D eigenvalue weighted by molar-refractivity contribution is 5.61. The topological polar surface area (TPSA) is 90.6 Å². The Balaban J connectivity index is 0.000000181. The summed E-state index contributed by atoms with van der Waals surface area (Å²) in [7, 11) is 2.02. The van der Waals surface area contributed by atoms with Gasteiger partial charge in [-0.1, -0.05) is 30.3 Å². The van der Waals surface area contributed by atoms with E-state index in [4.69, 9.17) is 15.9 Å². The van der Waals surface area contributed by atoms with Gasteiger partial charge in [0.15, 0.2) is 23.9 Å². The van der Waals surface area contributed by atoms with Crippen LogP contribution in [0.15, 0.2) is 67.0 Å². The number of aromatic nitrogens is 1. The van der Waals surface area contributed by atoms with Crippen molar-refractivity contribution < 1.29 is 19.9 Å². The van der Waals surface area contributed by atoms with Crippen molar-refractivity contribution in [3.63, 3.8) is 0 Å². The Morgan fingerprint density at radius 1 is 0.800 bits per heavy atom. The number of hydrogen-bond acceptors (Lipinski definition) is 4. The number of phenols is 3. The molecule has 5 heteroatoms. The molecule has 2 aromatic carbocycles. The number of nitrogens with zero attached hydrogens (tertiary/aromatic N) is 1. The maximum absolute atomic E-state index is 9.22. The van der Waals surface area contributed by atoms with Crippen molar-refractivity contribution in [2.24, 2.45) is 12.8 Å². The Morgan fingerprint density at radius 3 is 1.96 bits per heavy atom. The summed E-state index contributed by atoms with van der Waals surface area (Å²) >= 11 is 0. The normalized spacial score (nSPS) is 10.0. The maximum Gasteiger partial charge on any atom is 0.169 e. The van der Waals surface area contributed by atoms with Crippen LogP contribution in [0.25, 0.3) is 11.1 Å². The Hall–Kier alpha value is -3.05. The first-order chi connectivity index (χ1) is 12.0. The molecule has 5 N–H and O–H groups in total. The summed E-state index contributed by atoms with van der Waals surface area (Å²) in [5.74, 6) is -0.611. The Morgan fingerprint density at radius 2 is 1.36 bits per heavy atom. The third-order valence-electron chi connectivity index (χ3n) is 3.68. The summed E-state index contributed by atoms with van der Waals surface area (Å²) in [4.78, 5) is 0. The second kappa shape index (κ2) is 8.70. The molecule has 0 radical (unpaired) electrons. The molecule has 0 aliphatic rings. The SMILES string of the molecule is C[n+]1ccc(-c2ccccc2)cc1.NCCc1cc(O)c(O)cc1O. The molecule has 3 rings (SSSR count). The lowest BCUT2D eigenvalue weighted by Crippen LogP contribution is -2.25. The molecule has 0 atom stereocenters. The van der Waals surface area contributed by atoms with Gasteiger partial charge in [0.2, 0.25) is 0 Å². The maximum atomic E-state index is 9.22. The summed E-state index contributed by atoms with van der Waals surface area (Å²) in [6.45, 7) is 0.387. The van der Waals surface area contributed by atoms with Crippen molar-refractivity contribution in [1.82, 2.24) is 0 Å². The molecular formula is C20H23N2O3+. The standard InChI is InChI=1S/C12H12N.C8H11NO3/c1-13-9-7-12(8-10-13)11-5-3-2-4-6-11;9-2-1-5-3-7(11)8(12)4-6(5)10/h2-10H,1H3;3-4,10-12H,1-2,9H2/q+1;. The van der Waals surface area contributed by atoms with Crippen LogP contribution in [-0.2, 0) is 13.5 Å². The molecule has 0 aliphatic heterocycles. The lowest BCUT2D eigenvalue weighted by atomic mass is 10.1. The summed E-state index contributed by atoms with van der Waals surface area (Å²) < 4.78 is 2.03. The zero-order valence-corrected chi connectivity index (χ0v) is 14.1. The molecule has 0 saturated carbocycles. The van der Waals surface area contributed by atoms with E-state index in [0.717, 1.165) is 6.07 Å². The van der Waals surface area contributed by atoms with E-state index < -0.39 is 0 Å². The molecule has 0 unspecified atom stereocenters. The molecule has 0 amide bonds. The minimum atomic E-state index is -0.326. The molecule has 0 saturated heterocycles. The van der Waals surface area contributed by atoms with E-state index in [0.29, 0.717) is 18.5 Å². The molecule has 130 valence electrons. The van der Waals surface area contributed by atoms with Gasteiger partial charge in [-0.2, -0.15) is 0 Å². The number of benzene rings is 2. The molecule has 0 aliphatic carbocycles. The number of hydrogen-bond donors (Lipinski definition) is 4. The Bertz CT molecular complexity index is 803. The van der Waals surface area contributed by atoms with Crippen LogP contribution in [0.3, 0.4) is 0 Å². The fraction of sp³-hybridized carbons (Fsp3) is 0.150. The van der Waals surface area contributed by atoms with Gasteiger partial charge < -0.3 is 21.1 Å². The third kappa shape index (κ3) is 5.22. The highest BCUT2D eigenvalue weighted by Gasteiger charge is 2.06. The monoisotopic (exact) mass is 339 g/mol. The fourth-order valence-electron chi connectivity index (χ4n) is 2.29. The number of phenolic OH excluding ortho intramolecular Hbond substituents is 3. The van der Waals surface area contributed by atoms with Crippen LogP contribution in [0.4, 0.5) is 0 Å². The molecular weight excluding hydrogens is 316 g/mol. The fourth-order valence-corrected chi connectivity index (χ4v) is 2.29. The first-order valence-corrected chi connectivity index (χ1v) is 7.96. The number of pyridine rings is 1. The largest absolute Gasteiger partial charge is 0.508 e. The van der Waals surface area contributed by atoms with Gasteiger partial charge in [0.1, 0.15) is 12.8 Å². The van der Waals surface area contributed by atoms with Crippen molar-refractivity contribution in [3.05, 3.63) is 72.6 Å². The van der Waals surface area contributed by atoms with Gasteiger partial charge >= 0.3 is 0 Å². The van der Waals surface area contributed by atoms with E-state index in [1.807, 2.05) is 17.7 Å². The van der Waals surface area contributed by atoms with Gasteiger partial charge in [-0.3, -0.25) is 0 Å². The molecule has 0 fully saturated rings. The molecule has 3 aromatic rings. The van der Waals surface area contributed by atoms with E-state index in [-0.39, 0.29) is 17.2 Å². The average molecular weight is 339 g/mol. The minimum Gasteiger partial charge on any atom is -0.508 e. The van der Waals surface area contributed by atoms with E-state index in [9.17, 15) is 5.11 Å². The van der Waals surface area contributed by atoms with Crippen molar-refractivity contribution in [3.8, 4) is 28.4 Å². The molecule has 25 heavy (non-hydrogen) atoms. The smallest absolute Gasteiger partial charge is 0.169 e. The van der Waals surface area contributed by atoms with Gasteiger partial charge in [-0.05, 0) is 35.7 Å². The van der Waals surface area contributed by atoms with E-state index >= 15 is 0 Å². The number of aryl methyl sites for hydroxylation is 1. The van der Waals surface area contributed by atoms with Crippen molar-refractivity contribution in [1.29, 1.82) is 0 Å². The predicted molar refractivity (Wildman–Crippen MR) is 97.2 cm³/mol. The molecule has 0 spiro atoms. The van der Waals surface area contributed by atoms with Gasteiger partial charge in [0.25, 0.3) is 0 Å². The summed E-state index contributed by atoms with van der Waals surface area (Å²) in [6.07, 6.45) is 4.59. The van der Waals surface area contributed by atoms with Crippen LogP contribution in [0, 0.1) is 0 Å². The highest BCUT2D eigenvalue weighted by Crippen LogP contribution is 2.32. The quantitative estimate of drug-likeness (QED) is 0.335. The third-order valence-corrected chi connectivity index (χ3v) is 3.68. The predicted octanol–water partition coefficient (Wildman–Crippen LogP) is 2.48. The van der Waals surface area contributed by atoms with Crippen LogP contribution in [-0.4, -0.2) is 21.9 Å². The first-order valence-electron chi connectivity index (χ1n) is 7.96. The zero-order valence-electron chi connectivity index (χ0n) is 14.1. The van der Waals surface area contributed by atoms with Gasteiger partial charge in [0, 0.05) is 18.2 Å². The van der Waals surface area contributed by atoms with Crippen LogP contribution < -0.4 is 10.3 Å². The average Bonchev–Trinajstić information content (AvgIpc) is 2.62. The van der Waals surface area contributed by atoms with E-state index in [2.05, 4.69) is 48.8 Å². The highest BCUT2D eigenvalue weighted by atomic mass is 16.3. The molecule has 0 bridgehead atoms. The molecule has 5 nitrogen and oxygen atoms in total. The number of nitrogens with two attached hydrogens (primary N) is 1. The molecule has 1 heterocycles.